The summed E-state index contributed by atoms with van der Waals surface area (Å²) in [5, 5.41) is 13.7. The molecule has 6 N–H and O–H groups in total. The quantitative estimate of drug-likeness (QED) is 0.114. The lowest BCUT2D eigenvalue weighted by Gasteiger charge is -2.22. The summed E-state index contributed by atoms with van der Waals surface area (Å²) in [4.78, 5) is 51.5. The number of esters is 1. The Balaban J connectivity index is 0.000000203. The van der Waals surface area contributed by atoms with Gasteiger partial charge in [-0.1, -0.05) is 44.2 Å². The third-order valence-electron chi connectivity index (χ3n) is 8.77. The second-order valence-electron chi connectivity index (χ2n) is 11.8. The average molecular weight is 674 g/mol. The van der Waals surface area contributed by atoms with Crippen molar-refractivity contribution < 1.29 is 33.4 Å². The van der Waals surface area contributed by atoms with Gasteiger partial charge in [0, 0.05) is 22.6 Å². The molecule has 2 amide bonds. The molecule has 2 atom stereocenters. The van der Waals surface area contributed by atoms with Gasteiger partial charge in [0.2, 0.25) is 11.8 Å². The molecule has 12 nitrogen and oxygen atoms in total. The van der Waals surface area contributed by atoms with E-state index in [1.807, 2.05) is 44.2 Å². The Morgan fingerprint density at radius 1 is 1.12 bits per heavy atom. The van der Waals surface area contributed by atoms with E-state index in [9.17, 15) is 28.7 Å². The number of hydrogen-bond donors (Lipinski definition) is 4. The van der Waals surface area contributed by atoms with Crippen molar-refractivity contribution in [3.63, 3.8) is 0 Å². The monoisotopic (exact) mass is 673 g/mol. The number of aryl methyl sites for hydroxylation is 2. The zero-order chi connectivity index (χ0) is 35.4. The minimum atomic E-state index is -1.48. The number of pyridine rings is 2. The predicted molar refractivity (Wildman–Crippen MR) is 180 cm³/mol. The molecule has 0 bridgehead atoms. The summed E-state index contributed by atoms with van der Waals surface area (Å²) in [6.45, 7) is 5.74. The topological polar surface area (TPSA) is 189 Å². The number of aliphatic hydroxyl groups is 1. The van der Waals surface area contributed by atoms with Crippen molar-refractivity contribution in [3.05, 3.63) is 97.6 Å². The first-order chi connectivity index (χ1) is 23.5. The fourth-order valence-corrected chi connectivity index (χ4v) is 6.43. The number of fused-ring (bicyclic) bond motifs is 5. The van der Waals surface area contributed by atoms with Crippen LogP contribution in [0.1, 0.15) is 65.3 Å². The van der Waals surface area contributed by atoms with Gasteiger partial charge in [0.25, 0.3) is 5.56 Å². The van der Waals surface area contributed by atoms with Gasteiger partial charge in [0.05, 0.1) is 35.1 Å². The number of halogens is 1. The summed E-state index contributed by atoms with van der Waals surface area (Å²) >= 11 is 0. The highest BCUT2D eigenvalue weighted by molar-refractivity contribution is 5.92. The van der Waals surface area contributed by atoms with Crippen LogP contribution in [0.2, 0.25) is 0 Å². The van der Waals surface area contributed by atoms with E-state index >= 15 is 0 Å². The lowest BCUT2D eigenvalue weighted by atomic mass is 9.85. The summed E-state index contributed by atoms with van der Waals surface area (Å²) in [6, 6.07) is 11.9. The van der Waals surface area contributed by atoms with E-state index < -0.39 is 24.0 Å². The Morgan fingerprint density at radius 2 is 1.84 bits per heavy atom. The number of ether oxygens (including phenoxy) is 2. The van der Waals surface area contributed by atoms with Crippen LogP contribution < -0.4 is 22.3 Å². The van der Waals surface area contributed by atoms with Crippen LogP contribution in [0.5, 0.6) is 0 Å². The molecule has 2 aromatic carbocycles. The van der Waals surface area contributed by atoms with E-state index in [4.69, 9.17) is 25.9 Å². The number of aromatic nitrogens is 2. The Hall–Kier alpha value is -4.98. The van der Waals surface area contributed by atoms with Crippen molar-refractivity contribution in [2.75, 3.05) is 13.3 Å². The Morgan fingerprint density at radius 3 is 2.55 bits per heavy atom. The van der Waals surface area contributed by atoms with Gasteiger partial charge < -0.3 is 35.9 Å². The van der Waals surface area contributed by atoms with E-state index in [-0.39, 0.29) is 42.8 Å². The summed E-state index contributed by atoms with van der Waals surface area (Å²) < 4.78 is 25.9. The minimum Gasteiger partial charge on any atom is -0.458 e. The maximum Gasteiger partial charge on any atom is 0.340 e. The molecule has 2 unspecified atom stereocenters. The van der Waals surface area contributed by atoms with Crippen LogP contribution in [0.3, 0.4) is 0 Å². The smallest absolute Gasteiger partial charge is 0.340 e. The molecular weight excluding hydrogens is 633 g/mol. The largest absolute Gasteiger partial charge is 0.458 e. The van der Waals surface area contributed by atoms with Crippen molar-refractivity contribution in [1.29, 1.82) is 0 Å². The standard InChI is InChI=1S/C22H17FN2O4.C12H17N3O3.C2H6/c1-9-10-3-2-4-11-13-7-25-17(19(13)24-16(18(10)11)6-15(9)23)5-12-14(21(25)27)8-29-22(28)20(12)26;13-10(6-9-4-2-1-3-5-9)12(17)15-8-18-7-11(14)16;1-2/h5-6,20,26H,2-4,7-8H2,1H3;1-5,10H,6-8,13H2,(H2,14,16)(H,15,17);1-2H3. The number of nitrogens with two attached hydrogens (primary N) is 2. The number of cyclic esters (lactones) is 1. The lowest BCUT2D eigenvalue weighted by molar-refractivity contribution is -0.157. The number of amides is 2. The first-order valence-electron chi connectivity index (χ1n) is 16.2. The van der Waals surface area contributed by atoms with Crippen LogP contribution in [0, 0.1) is 12.7 Å². The maximum absolute atomic E-state index is 14.5. The van der Waals surface area contributed by atoms with E-state index in [1.54, 1.807) is 17.6 Å². The third kappa shape index (κ3) is 7.09. The van der Waals surface area contributed by atoms with Crippen LogP contribution in [0.25, 0.3) is 22.3 Å². The summed E-state index contributed by atoms with van der Waals surface area (Å²) in [5.41, 5.74) is 17.4. The van der Waals surface area contributed by atoms with Gasteiger partial charge in [-0.3, -0.25) is 14.4 Å². The number of primary amides is 1. The molecule has 0 saturated heterocycles. The van der Waals surface area contributed by atoms with Gasteiger partial charge in [-0.15, -0.1) is 0 Å². The Labute approximate surface area is 282 Å². The SMILES string of the molecule is CC.Cc1c(F)cc2nc3c(c4c2c1CCC4)Cn1c-3cc2c(c1=O)COC(=O)C2O.NC(=O)COCNC(=O)C(N)Cc1ccccc1. The van der Waals surface area contributed by atoms with E-state index in [1.165, 1.54) is 6.07 Å². The number of aliphatic hydroxyl groups excluding tert-OH is 1. The number of carbonyl (C=O) groups excluding carboxylic acids is 3. The average Bonchev–Trinajstić information content (AvgIpc) is 3.48. The van der Waals surface area contributed by atoms with Gasteiger partial charge in [-0.2, -0.15) is 0 Å². The van der Waals surface area contributed by atoms with Crippen molar-refractivity contribution in [1.82, 2.24) is 14.9 Å². The minimum absolute atomic E-state index is 0.0791. The molecule has 49 heavy (non-hydrogen) atoms. The number of hydrogen-bond acceptors (Lipinski definition) is 9. The first kappa shape index (κ1) is 35.3. The van der Waals surface area contributed by atoms with E-state index in [0.29, 0.717) is 41.0 Å². The molecule has 4 heterocycles. The summed E-state index contributed by atoms with van der Waals surface area (Å²) in [6.07, 6.45) is 1.56. The molecule has 7 rings (SSSR count). The maximum atomic E-state index is 14.5. The molecule has 258 valence electrons. The van der Waals surface area contributed by atoms with Crippen LogP contribution in [-0.4, -0.2) is 51.8 Å². The zero-order valence-electron chi connectivity index (χ0n) is 27.7. The van der Waals surface area contributed by atoms with Gasteiger partial charge in [-0.05, 0) is 60.9 Å². The van der Waals surface area contributed by atoms with Crippen LogP contribution in [0.4, 0.5) is 4.39 Å². The fourth-order valence-electron chi connectivity index (χ4n) is 6.43. The summed E-state index contributed by atoms with van der Waals surface area (Å²) in [5.74, 6) is -1.95. The molecule has 0 spiro atoms. The molecule has 4 aromatic rings. The number of carbonyl (C=O) groups is 3. The molecule has 1 aliphatic carbocycles. The molecule has 0 radical (unpaired) electrons. The number of nitrogens with one attached hydrogen (secondary N) is 1. The van der Waals surface area contributed by atoms with Crippen molar-refractivity contribution in [3.8, 4) is 11.4 Å². The van der Waals surface area contributed by atoms with Crippen molar-refractivity contribution in [2.45, 2.75) is 71.8 Å². The third-order valence-corrected chi connectivity index (χ3v) is 8.77. The predicted octanol–water partition coefficient (Wildman–Crippen LogP) is 2.61. The number of benzene rings is 2. The van der Waals surface area contributed by atoms with Gasteiger partial charge >= 0.3 is 5.97 Å². The van der Waals surface area contributed by atoms with Crippen LogP contribution >= 0.6 is 0 Å². The molecular formula is C36H40FN5O7. The lowest BCUT2D eigenvalue weighted by Crippen LogP contribution is -2.43. The molecule has 13 heteroatoms. The molecule has 2 aliphatic heterocycles. The van der Waals surface area contributed by atoms with E-state index in [2.05, 4.69) is 5.32 Å². The van der Waals surface area contributed by atoms with Gasteiger partial charge in [-0.25, -0.2) is 14.2 Å². The fraction of sp³-hybridized carbons (Fsp3) is 0.361. The van der Waals surface area contributed by atoms with Crippen LogP contribution in [-0.2, 0) is 56.3 Å². The highest BCUT2D eigenvalue weighted by atomic mass is 19.1. The van der Waals surface area contributed by atoms with Crippen molar-refractivity contribution >= 4 is 28.7 Å². The first-order valence-corrected chi connectivity index (χ1v) is 16.2. The Kier molecular flexibility index (Phi) is 10.9. The number of nitrogens with zero attached hydrogens (tertiary/aromatic N) is 2. The molecule has 0 saturated carbocycles. The molecule has 2 aromatic heterocycles. The number of rotatable bonds is 7. The normalized spacial score (nSPS) is 15.7. The van der Waals surface area contributed by atoms with Gasteiger partial charge in [0.1, 0.15) is 25.8 Å². The second-order valence-corrected chi connectivity index (χ2v) is 11.8. The molecule has 0 fully saturated rings. The second kappa shape index (κ2) is 15.1. The Bertz CT molecular complexity index is 1980. The molecule has 3 aliphatic rings. The highest BCUT2D eigenvalue weighted by Crippen LogP contribution is 2.42. The van der Waals surface area contributed by atoms with Crippen LogP contribution in [0.15, 0.2) is 47.3 Å². The summed E-state index contributed by atoms with van der Waals surface area (Å²) in [7, 11) is 0. The highest BCUT2D eigenvalue weighted by Gasteiger charge is 2.35. The zero-order valence-corrected chi connectivity index (χ0v) is 27.7. The van der Waals surface area contributed by atoms with E-state index in [0.717, 1.165) is 46.9 Å². The van der Waals surface area contributed by atoms with Gasteiger partial charge in [0.15, 0.2) is 6.10 Å². The van der Waals surface area contributed by atoms with Crippen molar-refractivity contribution in [2.24, 2.45) is 11.5 Å².